The van der Waals surface area contributed by atoms with E-state index in [0.29, 0.717) is 12.0 Å². The summed E-state index contributed by atoms with van der Waals surface area (Å²) in [6, 6.07) is 0. The SMILES string of the molecule is CC(=O)C(C)(C)CC1=CC=C(C(F)(F)F)CC1=S. The van der Waals surface area contributed by atoms with Crippen LogP contribution in [0.15, 0.2) is 23.3 Å². The molecule has 0 atom stereocenters. The zero-order valence-corrected chi connectivity index (χ0v) is 11.3. The molecule has 0 amide bonds. The van der Waals surface area contributed by atoms with Crippen molar-refractivity contribution in [3.05, 3.63) is 23.3 Å². The summed E-state index contributed by atoms with van der Waals surface area (Å²) >= 11 is 5.01. The van der Waals surface area contributed by atoms with Crippen molar-refractivity contribution in [2.45, 2.75) is 39.8 Å². The lowest BCUT2D eigenvalue weighted by Crippen LogP contribution is -2.25. The van der Waals surface area contributed by atoms with Gasteiger partial charge < -0.3 is 0 Å². The van der Waals surface area contributed by atoms with Crippen molar-refractivity contribution < 1.29 is 18.0 Å². The molecule has 0 aromatic rings. The molecule has 0 bridgehead atoms. The van der Waals surface area contributed by atoms with Crippen LogP contribution in [0, 0.1) is 5.41 Å². The third kappa shape index (κ3) is 3.51. The summed E-state index contributed by atoms with van der Waals surface area (Å²) in [5, 5.41) is 0. The number of halogens is 3. The van der Waals surface area contributed by atoms with Crippen LogP contribution in [0.3, 0.4) is 0 Å². The van der Waals surface area contributed by atoms with Crippen molar-refractivity contribution >= 4 is 22.9 Å². The Bertz CT molecular complexity index is 442. The molecule has 0 aromatic carbocycles. The van der Waals surface area contributed by atoms with E-state index < -0.39 is 17.2 Å². The van der Waals surface area contributed by atoms with E-state index in [9.17, 15) is 18.0 Å². The van der Waals surface area contributed by atoms with E-state index >= 15 is 0 Å². The molecule has 0 aliphatic heterocycles. The predicted octanol–water partition coefficient (Wildman–Crippen LogP) is 4.18. The number of carbonyl (C=O) groups is 1. The minimum absolute atomic E-state index is 0.00296. The van der Waals surface area contributed by atoms with Crippen LogP contribution in [-0.2, 0) is 4.79 Å². The Hall–Kier alpha value is -0.970. The van der Waals surface area contributed by atoms with E-state index in [1.54, 1.807) is 13.8 Å². The quantitative estimate of drug-likeness (QED) is 0.719. The van der Waals surface area contributed by atoms with E-state index in [4.69, 9.17) is 12.2 Å². The van der Waals surface area contributed by atoms with Gasteiger partial charge in [-0.25, -0.2) is 0 Å². The maximum Gasteiger partial charge on any atom is 0.413 e. The molecule has 0 N–H and O–H groups in total. The fraction of sp³-hybridized carbons (Fsp3) is 0.538. The normalized spacial score (nSPS) is 17.3. The second-order valence-corrected chi connectivity index (χ2v) is 5.59. The lowest BCUT2D eigenvalue weighted by atomic mass is 9.79. The summed E-state index contributed by atoms with van der Waals surface area (Å²) in [6.45, 7) is 5.01. The van der Waals surface area contributed by atoms with Crippen LogP contribution < -0.4 is 0 Å². The second kappa shape index (κ2) is 4.96. The number of ketones is 1. The van der Waals surface area contributed by atoms with Crippen LogP contribution in [0.2, 0.25) is 0 Å². The van der Waals surface area contributed by atoms with Gasteiger partial charge in [-0.15, -0.1) is 0 Å². The molecule has 0 fully saturated rings. The van der Waals surface area contributed by atoms with Gasteiger partial charge in [0.25, 0.3) is 0 Å². The van der Waals surface area contributed by atoms with E-state index in [0.717, 1.165) is 6.08 Å². The fourth-order valence-electron chi connectivity index (χ4n) is 1.59. The Kier molecular flexibility index (Phi) is 4.15. The largest absolute Gasteiger partial charge is 0.413 e. The molecule has 0 heterocycles. The Morgan fingerprint density at radius 3 is 2.28 bits per heavy atom. The molecule has 5 heteroatoms. The minimum Gasteiger partial charge on any atom is -0.299 e. The minimum atomic E-state index is -4.33. The lowest BCUT2D eigenvalue weighted by Gasteiger charge is -2.25. The molecule has 0 saturated heterocycles. The molecule has 0 spiro atoms. The summed E-state index contributed by atoms with van der Waals surface area (Å²) in [4.78, 5) is 11.7. The molecule has 1 aliphatic rings. The second-order valence-electron chi connectivity index (χ2n) is 5.10. The Labute approximate surface area is 110 Å². The Morgan fingerprint density at radius 2 is 1.89 bits per heavy atom. The summed E-state index contributed by atoms with van der Waals surface area (Å²) in [6.07, 6.45) is -1.77. The van der Waals surface area contributed by atoms with E-state index in [1.165, 1.54) is 13.0 Å². The average molecular weight is 276 g/mol. The molecule has 0 saturated carbocycles. The zero-order valence-electron chi connectivity index (χ0n) is 10.5. The average Bonchev–Trinajstić information content (AvgIpc) is 2.19. The van der Waals surface area contributed by atoms with Gasteiger partial charge in [0.2, 0.25) is 0 Å². The van der Waals surface area contributed by atoms with E-state index in [2.05, 4.69) is 0 Å². The summed E-state index contributed by atoms with van der Waals surface area (Å²) in [7, 11) is 0. The Morgan fingerprint density at radius 1 is 1.33 bits per heavy atom. The predicted molar refractivity (Wildman–Crippen MR) is 68.5 cm³/mol. The molecule has 1 rings (SSSR count). The highest BCUT2D eigenvalue weighted by Gasteiger charge is 2.36. The number of hydrogen-bond donors (Lipinski definition) is 0. The van der Waals surface area contributed by atoms with Crippen molar-refractivity contribution in [1.29, 1.82) is 0 Å². The summed E-state index contributed by atoms with van der Waals surface area (Å²) in [5.41, 5.74) is -0.575. The molecule has 100 valence electrons. The number of rotatable bonds is 3. The van der Waals surface area contributed by atoms with E-state index in [1.807, 2.05) is 0 Å². The maximum absolute atomic E-state index is 12.5. The van der Waals surface area contributed by atoms with E-state index in [-0.39, 0.29) is 17.1 Å². The molecular weight excluding hydrogens is 261 g/mol. The van der Waals surface area contributed by atoms with Crippen LogP contribution in [0.1, 0.15) is 33.6 Å². The smallest absolute Gasteiger partial charge is 0.299 e. The maximum atomic E-state index is 12.5. The van der Waals surface area contributed by atoms with Gasteiger partial charge in [-0.2, -0.15) is 13.2 Å². The first-order valence-corrected chi connectivity index (χ1v) is 5.96. The topological polar surface area (TPSA) is 17.1 Å². The van der Waals surface area contributed by atoms with Crippen LogP contribution in [0.25, 0.3) is 0 Å². The molecule has 18 heavy (non-hydrogen) atoms. The van der Waals surface area contributed by atoms with Crippen LogP contribution in [0.5, 0.6) is 0 Å². The third-order valence-electron chi connectivity index (χ3n) is 3.14. The number of thiocarbonyl (C=S) groups is 1. The molecule has 1 nitrogen and oxygen atoms in total. The van der Waals surface area contributed by atoms with Crippen molar-refractivity contribution in [3.63, 3.8) is 0 Å². The number of hydrogen-bond acceptors (Lipinski definition) is 2. The lowest BCUT2D eigenvalue weighted by molar-refractivity contribution is -0.124. The fourth-order valence-corrected chi connectivity index (χ4v) is 1.89. The molecule has 0 unspecified atom stereocenters. The van der Waals surface area contributed by atoms with Gasteiger partial charge in [-0.05, 0) is 18.9 Å². The highest BCUT2D eigenvalue weighted by Crippen LogP contribution is 2.35. The standard InChI is InChI=1S/C13H15F3OS/c1-8(17)12(2,3)7-9-4-5-10(6-11(9)18)13(14,15)16/h4-5H,6-7H2,1-3H3. The first kappa shape index (κ1) is 15.1. The number of alkyl halides is 3. The Balaban J connectivity index is 2.94. The van der Waals surface area contributed by atoms with Gasteiger partial charge in [0.15, 0.2) is 0 Å². The van der Waals surface area contributed by atoms with Crippen LogP contribution in [0.4, 0.5) is 13.2 Å². The zero-order chi connectivity index (χ0) is 14.1. The van der Waals surface area contributed by atoms with Gasteiger partial charge in [0.1, 0.15) is 5.78 Å². The van der Waals surface area contributed by atoms with Crippen molar-refractivity contribution in [3.8, 4) is 0 Å². The monoisotopic (exact) mass is 276 g/mol. The van der Waals surface area contributed by atoms with Crippen LogP contribution >= 0.6 is 12.2 Å². The first-order valence-electron chi connectivity index (χ1n) is 5.55. The molecule has 0 radical (unpaired) electrons. The van der Waals surface area contributed by atoms with Crippen molar-refractivity contribution in [2.75, 3.05) is 0 Å². The molecule has 1 aliphatic carbocycles. The number of Topliss-reactive ketones (excluding diaryl/α,β-unsaturated/α-hetero) is 1. The van der Waals surface area contributed by atoms with Crippen molar-refractivity contribution in [1.82, 2.24) is 0 Å². The van der Waals surface area contributed by atoms with Gasteiger partial charge in [-0.3, -0.25) is 4.79 Å². The highest BCUT2D eigenvalue weighted by molar-refractivity contribution is 7.80. The van der Waals surface area contributed by atoms with Gasteiger partial charge in [0, 0.05) is 22.3 Å². The van der Waals surface area contributed by atoms with Gasteiger partial charge in [-0.1, -0.05) is 38.2 Å². The molecular formula is C13H15F3OS. The van der Waals surface area contributed by atoms with Gasteiger partial charge in [0.05, 0.1) is 0 Å². The summed E-state index contributed by atoms with van der Waals surface area (Å²) in [5.74, 6) is -0.00296. The van der Waals surface area contributed by atoms with Crippen LogP contribution in [-0.4, -0.2) is 16.8 Å². The third-order valence-corrected chi connectivity index (χ3v) is 3.55. The summed E-state index contributed by atoms with van der Waals surface area (Å²) < 4.78 is 37.5. The highest BCUT2D eigenvalue weighted by atomic mass is 32.1. The first-order chi connectivity index (χ1) is 8.04. The number of carbonyl (C=O) groups excluding carboxylic acids is 1. The van der Waals surface area contributed by atoms with Gasteiger partial charge >= 0.3 is 6.18 Å². The number of allylic oxidation sites excluding steroid dienone is 4. The van der Waals surface area contributed by atoms with Crippen molar-refractivity contribution in [2.24, 2.45) is 5.41 Å². The molecule has 0 aromatic heterocycles.